The second kappa shape index (κ2) is 10.7. The van der Waals surface area contributed by atoms with Crippen LogP contribution in [0, 0.1) is 20.8 Å². The summed E-state index contributed by atoms with van der Waals surface area (Å²) in [5, 5.41) is 7.87. The van der Waals surface area contributed by atoms with E-state index in [0.717, 1.165) is 31.2 Å². The lowest BCUT2D eigenvalue weighted by Crippen LogP contribution is -2.38. The van der Waals surface area contributed by atoms with Crippen molar-refractivity contribution in [2.75, 3.05) is 13.1 Å². The van der Waals surface area contributed by atoms with Crippen LogP contribution in [0.4, 0.5) is 0 Å². The number of nitrogens with zero attached hydrogens (tertiary/aromatic N) is 2. The monoisotopic (exact) mass is 458 g/mol. The molecule has 0 saturated carbocycles. The number of guanidine groups is 1. The minimum absolute atomic E-state index is 0. The summed E-state index contributed by atoms with van der Waals surface area (Å²) in [5.74, 6) is 0.862. The highest BCUT2D eigenvalue weighted by Gasteiger charge is 2.04. The molecule has 1 heterocycles. The van der Waals surface area contributed by atoms with Crippen LogP contribution in [0.5, 0.6) is 0 Å². The van der Waals surface area contributed by atoms with Crippen molar-refractivity contribution in [1.82, 2.24) is 15.6 Å². The maximum absolute atomic E-state index is 4.68. The van der Waals surface area contributed by atoms with Crippen LogP contribution >= 0.6 is 35.3 Å². The SMILES string of the molecule is CCNC(=NCc1ccccc1C)NCCc1nc(C)c(C)s1.I. The maximum atomic E-state index is 4.68. The van der Waals surface area contributed by atoms with Gasteiger partial charge in [-0.25, -0.2) is 9.98 Å². The summed E-state index contributed by atoms with van der Waals surface area (Å²) in [6, 6.07) is 8.37. The van der Waals surface area contributed by atoms with E-state index in [9.17, 15) is 0 Å². The van der Waals surface area contributed by atoms with E-state index in [1.54, 1.807) is 11.3 Å². The molecule has 0 unspecified atom stereocenters. The highest BCUT2D eigenvalue weighted by molar-refractivity contribution is 14.0. The van der Waals surface area contributed by atoms with Gasteiger partial charge >= 0.3 is 0 Å². The Kier molecular flexibility index (Phi) is 9.28. The molecule has 2 N–H and O–H groups in total. The molecule has 2 rings (SSSR count). The van der Waals surface area contributed by atoms with Crippen molar-refractivity contribution in [3.8, 4) is 0 Å². The Balaban J connectivity index is 0.00000288. The molecule has 4 nitrogen and oxygen atoms in total. The predicted octanol–water partition coefficient (Wildman–Crippen LogP) is 3.98. The third-order valence-corrected chi connectivity index (χ3v) is 4.85. The fourth-order valence-electron chi connectivity index (χ4n) is 2.23. The van der Waals surface area contributed by atoms with Gasteiger partial charge in [-0.05, 0) is 38.8 Å². The molecule has 1 aromatic heterocycles. The van der Waals surface area contributed by atoms with E-state index >= 15 is 0 Å². The van der Waals surface area contributed by atoms with E-state index in [1.807, 2.05) is 0 Å². The van der Waals surface area contributed by atoms with Gasteiger partial charge in [0.25, 0.3) is 0 Å². The summed E-state index contributed by atoms with van der Waals surface area (Å²) >= 11 is 1.78. The topological polar surface area (TPSA) is 49.3 Å². The number of rotatable bonds is 6. The molecule has 0 aliphatic rings. The van der Waals surface area contributed by atoms with Gasteiger partial charge < -0.3 is 10.6 Å². The molecule has 0 aliphatic carbocycles. The average Bonchev–Trinajstić information content (AvgIpc) is 2.84. The normalized spacial score (nSPS) is 11.1. The molecule has 0 atom stereocenters. The fourth-order valence-corrected chi connectivity index (χ4v) is 3.16. The fraction of sp³-hybridized carbons (Fsp3) is 0.444. The van der Waals surface area contributed by atoms with Crippen LogP contribution in [-0.2, 0) is 13.0 Å². The lowest BCUT2D eigenvalue weighted by atomic mass is 10.1. The third kappa shape index (κ3) is 6.39. The van der Waals surface area contributed by atoms with Gasteiger partial charge in [-0.15, -0.1) is 35.3 Å². The molecule has 0 amide bonds. The molecule has 0 aliphatic heterocycles. The number of hydrogen-bond donors (Lipinski definition) is 2. The highest BCUT2D eigenvalue weighted by Crippen LogP contribution is 2.16. The molecule has 0 bridgehead atoms. The zero-order chi connectivity index (χ0) is 16.7. The van der Waals surface area contributed by atoms with Crippen molar-refractivity contribution < 1.29 is 0 Å². The zero-order valence-electron chi connectivity index (χ0n) is 14.8. The first-order chi connectivity index (χ1) is 11.1. The van der Waals surface area contributed by atoms with Crippen molar-refractivity contribution in [2.45, 2.75) is 40.7 Å². The quantitative estimate of drug-likeness (QED) is 0.391. The largest absolute Gasteiger partial charge is 0.357 e. The Morgan fingerprint density at radius 3 is 2.54 bits per heavy atom. The van der Waals surface area contributed by atoms with Crippen LogP contribution in [-0.4, -0.2) is 24.0 Å². The third-order valence-electron chi connectivity index (χ3n) is 3.72. The molecular formula is C18H27IN4S. The number of thiazole rings is 1. The van der Waals surface area contributed by atoms with E-state index in [0.29, 0.717) is 6.54 Å². The van der Waals surface area contributed by atoms with Crippen molar-refractivity contribution in [3.63, 3.8) is 0 Å². The molecule has 0 spiro atoms. The second-order valence-electron chi connectivity index (χ2n) is 5.55. The molecular weight excluding hydrogens is 431 g/mol. The van der Waals surface area contributed by atoms with Crippen molar-refractivity contribution in [3.05, 3.63) is 51.0 Å². The van der Waals surface area contributed by atoms with Crippen LogP contribution in [0.3, 0.4) is 0 Å². The van der Waals surface area contributed by atoms with Crippen molar-refractivity contribution >= 4 is 41.3 Å². The number of halogens is 1. The Hall–Kier alpha value is -1.15. The molecule has 2 aromatic rings. The Morgan fingerprint density at radius 2 is 1.92 bits per heavy atom. The van der Waals surface area contributed by atoms with E-state index in [-0.39, 0.29) is 24.0 Å². The molecule has 0 fully saturated rings. The van der Waals surface area contributed by atoms with E-state index < -0.39 is 0 Å². The number of hydrogen-bond acceptors (Lipinski definition) is 3. The predicted molar refractivity (Wildman–Crippen MR) is 115 cm³/mol. The van der Waals surface area contributed by atoms with Gasteiger partial charge in [-0.3, -0.25) is 0 Å². The molecule has 0 saturated heterocycles. The summed E-state index contributed by atoms with van der Waals surface area (Å²) in [6.07, 6.45) is 0.925. The lowest BCUT2D eigenvalue weighted by molar-refractivity contribution is 0.795. The van der Waals surface area contributed by atoms with Crippen LogP contribution in [0.25, 0.3) is 0 Å². The minimum atomic E-state index is 0. The number of nitrogens with one attached hydrogen (secondary N) is 2. The van der Waals surface area contributed by atoms with E-state index in [1.165, 1.54) is 21.0 Å². The van der Waals surface area contributed by atoms with Gasteiger partial charge in [-0.1, -0.05) is 24.3 Å². The number of aryl methyl sites for hydroxylation is 3. The van der Waals surface area contributed by atoms with Gasteiger partial charge in [0, 0.05) is 24.4 Å². The Bertz CT molecular complexity index is 647. The van der Waals surface area contributed by atoms with E-state index in [4.69, 9.17) is 0 Å². The van der Waals surface area contributed by atoms with Crippen LogP contribution in [0.2, 0.25) is 0 Å². The van der Waals surface area contributed by atoms with Gasteiger partial charge in [-0.2, -0.15) is 0 Å². The standard InChI is InChI=1S/C18H26N4S.HI/c1-5-19-18(21-12-16-9-7-6-8-13(16)2)20-11-10-17-22-14(3)15(4)23-17;/h6-9H,5,10-12H2,1-4H3,(H2,19,20,21);1H. The summed E-state index contributed by atoms with van der Waals surface area (Å²) in [4.78, 5) is 10.6. The van der Waals surface area contributed by atoms with Crippen LogP contribution in [0.1, 0.15) is 33.6 Å². The maximum Gasteiger partial charge on any atom is 0.191 e. The Labute approximate surface area is 166 Å². The number of aliphatic imine (C=N–C) groups is 1. The summed E-state index contributed by atoms with van der Waals surface area (Å²) in [5.41, 5.74) is 3.68. The Morgan fingerprint density at radius 1 is 1.17 bits per heavy atom. The molecule has 132 valence electrons. The summed E-state index contributed by atoms with van der Waals surface area (Å²) in [7, 11) is 0. The molecule has 24 heavy (non-hydrogen) atoms. The van der Waals surface area contributed by atoms with Gasteiger partial charge in [0.1, 0.15) is 0 Å². The highest BCUT2D eigenvalue weighted by atomic mass is 127. The second-order valence-corrected chi connectivity index (χ2v) is 6.84. The molecule has 1 aromatic carbocycles. The van der Waals surface area contributed by atoms with Crippen LogP contribution < -0.4 is 10.6 Å². The van der Waals surface area contributed by atoms with Crippen molar-refractivity contribution in [1.29, 1.82) is 0 Å². The summed E-state index contributed by atoms with van der Waals surface area (Å²) in [6.45, 7) is 10.8. The zero-order valence-corrected chi connectivity index (χ0v) is 18.0. The minimum Gasteiger partial charge on any atom is -0.357 e. The van der Waals surface area contributed by atoms with Gasteiger partial charge in [0.15, 0.2) is 5.96 Å². The summed E-state index contributed by atoms with van der Waals surface area (Å²) < 4.78 is 0. The first-order valence-corrected chi connectivity index (χ1v) is 8.91. The van der Waals surface area contributed by atoms with Gasteiger partial charge in [0.2, 0.25) is 0 Å². The number of benzene rings is 1. The first kappa shape index (κ1) is 20.9. The smallest absolute Gasteiger partial charge is 0.191 e. The number of aromatic nitrogens is 1. The van der Waals surface area contributed by atoms with Gasteiger partial charge in [0.05, 0.1) is 17.2 Å². The molecule has 0 radical (unpaired) electrons. The van der Waals surface area contributed by atoms with Crippen LogP contribution in [0.15, 0.2) is 29.3 Å². The van der Waals surface area contributed by atoms with E-state index in [2.05, 4.69) is 72.6 Å². The average molecular weight is 458 g/mol. The first-order valence-electron chi connectivity index (χ1n) is 8.09. The van der Waals surface area contributed by atoms with Crippen molar-refractivity contribution in [2.24, 2.45) is 4.99 Å². The lowest BCUT2D eigenvalue weighted by Gasteiger charge is -2.11. The molecule has 6 heteroatoms.